The van der Waals surface area contributed by atoms with Gasteiger partial charge in [-0.15, -0.1) is 12.4 Å². The molecule has 68 valence electrons. The molecule has 0 aliphatic carbocycles. The van der Waals surface area contributed by atoms with Crippen molar-refractivity contribution in [3.63, 3.8) is 0 Å². The number of hydrogen-bond donors (Lipinski definition) is 1. The standard InChI is InChI=1S/C9H13NO.ClH/c1-11-8-7-10-9-5-3-2-4-6-9;/h2-6,10H,7-8H2,1H3;1H. The van der Waals surface area contributed by atoms with Crippen molar-refractivity contribution in [2.45, 2.75) is 0 Å². The van der Waals surface area contributed by atoms with Crippen molar-refractivity contribution in [2.75, 3.05) is 25.6 Å². The van der Waals surface area contributed by atoms with Crippen molar-refractivity contribution in [3.8, 4) is 0 Å². The van der Waals surface area contributed by atoms with E-state index in [9.17, 15) is 0 Å². The van der Waals surface area contributed by atoms with E-state index in [0.29, 0.717) is 0 Å². The summed E-state index contributed by atoms with van der Waals surface area (Å²) in [5.41, 5.74) is 1.14. The lowest BCUT2D eigenvalue weighted by molar-refractivity contribution is 0.211. The smallest absolute Gasteiger partial charge is 0.0635 e. The fourth-order valence-corrected chi connectivity index (χ4v) is 0.853. The average molecular weight is 188 g/mol. The van der Waals surface area contributed by atoms with Gasteiger partial charge in [-0.05, 0) is 12.1 Å². The first-order valence-corrected chi connectivity index (χ1v) is 3.71. The molecule has 0 radical (unpaired) electrons. The Hall–Kier alpha value is -0.730. The predicted molar refractivity (Wildman–Crippen MR) is 54.1 cm³/mol. The second kappa shape index (κ2) is 6.95. The summed E-state index contributed by atoms with van der Waals surface area (Å²) in [6, 6.07) is 10.1. The van der Waals surface area contributed by atoms with Crippen LogP contribution in [0.1, 0.15) is 0 Å². The molecule has 1 N–H and O–H groups in total. The highest BCUT2D eigenvalue weighted by molar-refractivity contribution is 5.85. The van der Waals surface area contributed by atoms with E-state index in [4.69, 9.17) is 4.74 Å². The molecule has 1 rings (SSSR count). The molecule has 0 saturated heterocycles. The van der Waals surface area contributed by atoms with Crippen LogP contribution in [0, 0.1) is 0 Å². The Morgan fingerprint density at radius 2 is 1.92 bits per heavy atom. The number of ether oxygens (including phenoxy) is 1. The Morgan fingerprint density at radius 3 is 2.50 bits per heavy atom. The number of halogens is 1. The lowest BCUT2D eigenvalue weighted by atomic mass is 10.3. The van der Waals surface area contributed by atoms with Gasteiger partial charge in [0.15, 0.2) is 0 Å². The molecule has 0 heterocycles. The molecule has 1 aromatic rings. The Labute approximate surface area is 79.3 Å². The van der Waals surface area contributed by atoms with Gasteiger partial charge in [0.05, 0.1) is 6.61 Å². The maximum Gasteiger partial charge on any atom is 0.0635 e. The highest BCUT2D eigenvalue weighted by atomic mass is 35.5. The predicted octanol–water partition coefficient (Wildman–Crippen LogP) is 2.17. The van der Waals surface area contributed by atoms with Gasteiger partial charge in [-0.3, -0.25) is 0 Å². The quantitative estimate of drug-likeness (QED) is 0.730. The lowest BCUT2D eigenvalue weighted by Gasteiger charge is -2.03. The third-order valence-electron chi connectivity index (χ3n) is 1.41. The molecule has 0 spiro atoms. The molecule has 0 unspecified atom stereocenters. The van der Waals surface area contributed by atoms with Crippen LogP contribution < -0.4 is 5.32 Å². The first-order chi connectivity index (χ1) is 5.43. The van der Waals surface area contributed by atoms with E-state index in [-0.39, 0.29) is 12.4 Å². The monoisotopic (exact) mass is 187 g/mol. The third kappa shape index (κ3) is 4.21. The van der Waals surface area contributed by atoms with Crippen molar-refractivity contribution >= 4 is 18.1 Å². The first-order valence-electron chi connectivity index (χ1n) is 3.71. The number of rotatable bonds is 4. The molecule has 2 nitrogen and oxygen atoms in total. The van der Waals surface area contributed by atoms with Crippen LogP contribution >= 0.6 is 12.4 Å². The normalized spacial score (nSPS) is 8.75. The summed E-state index contributed by atoms with van der Waals surface area (Å²) in [6.07, 6.45) is 0. The van der Waals surface area contributed by atoms with E-state index in [2.05, 4.69) is 5.32 Å². The Kier molecular flexibility index (Phi) is 6.53. The summed E-state index contributed by atoms with van der Waals surface area (Å²) >= 11 is 0. The molecule has 3 heteroatoms. The first kappa shape index (κ1) is 11.3. The zero-order chi connectivity index (χ0) is 7.94. The molecule has 0 aromatic heterocycles. The van der Waals surface area contributed by atoms with Crippen molar-refractivity contribution in [2.24, 2.45) is 0 Å². The summed E-state index contributed by atoms with van der Waals surface area (Å²) in [7, 11) is 1.70. The molecule has 0 saturated carbocycles. The summed E-state index contributed by atoms with van der Waals surface area (Å²) in [4.78, 5) is 0. The molecule has 0 aliphatic heterocycles. The second-order valence-corrected chi connectivity index (χ2v) is 2.29. The van der Waals surface area contributed by atoms with Crippen molar-refractivity contribution in [1.29, 1.82) is 0 Å². The fraction of sp³-hybridized carbons (Fsp3) is 0.333. The SMILES string of the molecule is COCCNc1ccccc1.Cl. The van der Waals surface area contributed by atoms with E-state index >= 15 is 0 Å². The summed E-state index contributed by atoms with van der Waals surface area (Å²) < 4.78 is 4.90. The summed E-state index contributed by atoms with van der Waals surface area (Å²) in [6.45, 7) is 1.61. The maximum atomic E-state index is 4.90. The van der Waals surface area contributed by atoms with Gasteiger partial charge in [0.25, 0.3) is 0 Å². The molecule has 0 amide bonds. The summed E-state index contributed by atoms with van der Waals surface area (Å²) in [5.74, 6) is 0. The molecule has 0 atom stereocenters. The molecular weight excluding hydrogens is 174 g/mol. The second-order valence-electron chi connectivity index (χ2n) is 2.29. The van der Waals surface area contributed by atoms with E-state index in [0.717, 1.165) is 18.8 Å². The van der Waals surface area contributed by atoms with Crippen LogP contribution in [0.25, 0.3) is 0 Å². The van der Waals surface area contributed by atoms with Crippen LogP contribution in [0.3, 0.4) is 0 Å². The van der Waals surface area contributed by atoms with Gasteiger partial charge in [0, 0.05) is 19.3 Å². The number of para-hydroxylation sites is 1. The summed E-state index contributed by atoms with van der Waals surface area (Å²) in [5, 5.41) is 3.22. The topological polar surface area (TPSA) is 21.3 Å². The van der Waals surface area contributed by atoms with Gasteiger partial charge in [0.1, 0.15) is 0 Å². The van der Waals surface area contributed by atoms with Crippen LogP contribution in [0.2, 0.25) is 0 Å². The van der Waals surface area contributed by atoms with Gasteiger partial charge in [-0.1, -0.05) is 18.2 Å². The Balaban J connectivity index is 0.00000121. The van der Waals surface area contributed by atoms with Crippen molar-refractivity contribution < 1.29 is 4.74 Å². The third-order valence-corrected chi connectivity index (χ3v) is 1.41. The van der Waals surface area contributed by atoms with Gasteiger partial charge in [-0.2, -0.15) is 0 Å². The van der Waals surface area contributed by atoms with E-state index in [1.165, 1.54) is 0 Å². The highest BCUT2D eigenvalue weighted by Crippen LogP contribution is 2.03. The lowest BCUT2D eigenvalue weighted by Crippen LogP contribution is -2.06. The van der Waals surface area contributed by atoms with Crippen LogP contribution in [-0.4, -0.2) is 20.3 Å². The largest absolute Gasteiger partial charge is 0.383 e. The van der Waals surface area contributed by atoms with Gasteiger partial charge in [0.2, 0.25) is 0 Å². The Bertz CT molecular complexity index is 191. The van der Waals surface area contributed by atoms with Crippen LogP contribution in [-0.2, 0) is 4.74 Å². The number of hydrogen-bond acceptors (Lipinski definition) is 2. The number of anilines is 1. The van der Waals surface area contributed by atoms with Crippen LogP contribution in [0.15, 0.2) is 30.3 Å². The zero-order valence-electron chi connectivity index (χ0n) is 7.12. The van der Waals surface area contributed by atoms with Gasteiger partial charge >= 0.3 is 0 Å². The minimum Gasteiger partial charge on any atom is -0.383 e. The average Bonchev–Trinajstić information content (AvgIpc) is 2.07. The van der Waals surface area contributed by atoms with E-state index < -0.39 is 0 Å². The number of methoxy groups -OCH3 is 1. The number of benzene rings is 1. The highest BCUT2D eigenvalue weighted by Gasteiger charge is 1.86. The Morgan fingerprint density at radius 1 is 1.25 bits per heavy atom. The zero-order valence-corrected chi connectivity index (χ0v) is 7.93. The maximum absolute atomic E-state index is 4.90. The minimum absolute atomic E-state index is 0. The molecule has 12 heavy (non-hydrogen) atoms. The van der Waals surface area contributed by atoms with Gasteiger partial charge in [-0.25, -0.2) is 0 Å². The van der Waals surface area contributed by atoms with Crippen molar-refractivity contribution in [3.05, 3.63) is 30.3 Å². The molecular formula is C9H14ClNO. The number of nitrogens with one attached hydrogen (secondary N) is 1. The molecule has 0 aliphatic rings. The van der Waals surface area contributed by atoms with Crippen LogP contribution in [0.5, 0.6) is 0 Å². The molecule has 0 bridgehead atoms. The fourth-order valence-electron chi connectivity index (χ4n) is 0.853. The van der Waals surface area contributed by atoms with Crippen LogP contribution in [0.4, 0.5) is 5.69 Å². The van der Waals surface area contributed by atoms with E-state index in [1.807, 2.05) is 30.3 Å². The van der Waals surface area contributed by atoms with Gasteiger partial charge < -0.3 is 10.1 Å². The molecule has 1 aromatic carbocycles. The minimum atomic E-state index is 0. The van der Waals surface area contributed by atoms with E-state index in [1.54, 1.807) is 7.11 Å². The molecule has 0 fully saturated rings. The van der Waals surface area contributed by atoms with Crippen molar-refractivity contribution in [1.82, 2.24) is 0 Å².